The molecule has 24 heavy (non-hydrogen) atoms. The van der Waals surface area contributed by atoms with Crippen molar-refractivity contribution in [2.45, 2.75) is 37.5 Å². The van der Waals surface area contributed by atoms with Gasteiger partial charge in [-0.2, -0.15) is 5.10 Å². The molecule has 0 radical (unpaired) electrons. The van der Waals surface area contributed by atoms with Crippen molar-refractivity contribution >= 4 is 29.3 Å². The SMILES string of the molecule is C=CCNC(=O)CSc1nnc(-c2nn(CC)cc2Cl)n1C1CC1. The minimum atomic E-state index is -0.0555. The molecule has 0 saturated heterocycles. The van der Waals surface area contributed by atoms with Gasteiger partial charge in [0.2, 0.25) is 5.91 Å². The van der Waals surface area contributed by atoms with E-state index in [0.717, 1.165) is 24.5 Å². The van der Waals surface area contributed by atoms with Gasteiger partial charge in [-0.05, 0) is 19.8 Å². The fourth-order valence-electron chi connectivity index (χ4n) is 2.28. The quantitative estimate of drug-likeness (QED) is 0.573. The van der Waals surface area contributed by atoms with E-state index in [4.69, 9.17) is 11.6 Å². The molecule has 1 fully saturated rings. The summed E-state index contributed by atoms with van der Waals surface area (Å²) < 4.78 is 3.83. The van der Waals surface area contributed by atoms with E-state index in [9.17, 15) is 4.79 Å². The first-order valence-corrected chi connectivity index (χ1v) is 9.19. The predicted molar refractivity (Wildman–Crippen MR) is 94.1 cm³/mol. The van der Waals surface area contributed by atoms with Crippen LogP contribution in [0.1, 0.15) is 25.8 Å². The summed E-state index contributed by atoms with van der Waals surface area (Å²) in [7, 11) is 0. The van der Waals surface area contributed by atoms with Gasteiger partial charge in [-0.3, -0.25) is 14.0 Å². The Bertz CT molecular complexity index is 751. The number of hydrogen-bond donors (Lipinski definition) is 1. The highest BCUT2D eigenvalue weighted by molar-refractivity contribution is 7.99. The van der Waals surface area contributed by atoms with Gasteiger partial charge in [-0.25, -0.2) is 0 Å². The average molecular weight is 367 g/mol. The topological polar surface area (TPSA) is 77.6 Å². The lowest BCUT2D eigenvalue weighted by Gasteiger charge is -2.07. The Kier molecular flexibility index (Phi) is 5.25. The van der Waals surface area contributed by atoms with Gasteiger partial charge in [0, 0.05) is 25.3 Å². The van der Waals surface area contributed by atoms with Crippen molar-refractivity contribution in [3.63, 3.8) is 0 Å². The third kappa shape index (κ3) is 3.64. The normalized spacial score (nSPS) is 13.9. The average Bonchev–Trinajstić information content (AvgIpc) is 3.22. The summed E-state index contributed by atoms with van der Waals surface area (Å²) >= 11 is 7.68. The number of rotatable bonds is 8. The van der Waals surface area contributed by atoms with E-state index >= 15 is 0 Å². The molecule has 0 spiro atoms. The number of aryl methyl sites for hydroxylation is 1. The zero-order valence-electron chi connectivity index (χ0n) is 13.4. The number of carbonyl (C=O) groups excluding carboxylic acids is 1. The molecule has 2 aromatic rings. The lowest BCUT2D eigenvalue weighted by molar-refractivity contribution is -0.118. The van der Waals surface area contributed by atoms with Crippen molar-refractivity contribution in [1.82, 2.24) is 29.9 Å². The molecule has 1 aliphatic carbocycles. The summed E-state index contributed by atoms with van der Waals surface area (Å²) in [5.74, 6) is 0.902. The van der Waals surface area contributed by atoms with Crippen molar-refractivity contribution in [2.75, 3.05) is 12.3 Å². The molecule has 7 nitrogen and oxygen atoms in total. The summed E-state index contributed by atoms with van der Waals surface area (Å²) in [6.45, 7) is 6.78. The molecule has 0 atom stereocenters. The minimum absolute atomic E-state index is 0.0555. The second-order valence-electron chi connectivity index (χ2n) is 5.47. The lowest BCUT2D eigenvalue weighted by Crippen LogP contribution is -2.25. The van der Waals surface area contributed by atoms with Crippen molar-refractivity contribution < 1.29 is 4.79 Å². The molecule has 0 bridgehead atoms. The van der Waals surface area contributed by atoms with Crippen LogP contribution >= 0.6 is 23.4 Å². The van der Waals surface area contributed by atoms with E-state index in [1.807, 2.05) is 6.92 Å². The maximum absolute atomic E-state index is 11.8. The van der Waals surface area contributed by atoms with Crippen LogP contribution in [-0.4, -0.2) is 42.7 Å². The van der Waals surface area contributed by atoms with Gasteiger partial charge in [0.1, 0.15) is 5.69 Å². The zero-order chi connectivity index (χ0) is 17.1. The fourth-order valence-corrected chi connectivity index (χ4v) is 3.35. The van der Waals surface area contributed by atoms with E-state index in [1.165, 1.54) is 11.8 Å². The molecule has 1 N–H and O–H groups in total. The summed E-state index contributed by atoms with van der Waals surface area (Å²) in [5.41, 5.74) is 0.640. The lowest BCUT2D eigenvalue weighted by atomic mass is 10.4. The maximum Gasteiger partial charge on any atom is 0.230 e. The number of hydrogen-bond acceptors (Lipinski definition) is 5. The Morgan fingerprint density at radius 3 is 2.96 bits per heavy atom. The van der Waals surface area contributed by atoms with Crippen molar-refractivity contribution in [3.8, 4) is 11.5 Å². The van der Waals surface area contributed by atoms with Crippen LogP contribution in [-0.2, 0) is 11.3 Å². The molecule has 1 saturated carbocycles. The van der Waals surface area contributed by atoms with E-state index < -0.39 is 0 Å². The van der Waals surface area contributed by atoms with Crippen molar-refractivity contribution in [1.29, 1.82) is 0 Å². The number of amides is 1. The Morgan fingerprint density at radius 2 is 2.33 bits per heavy atom. The molecule has 1 amide bonds. The number of carbonyl (C=O) groups is 1. The van der Waals surface area contributed by atoms with Gasteiger partial charge in [0.05, 0.1) is 10.8 Å². The standard InChI is InChI=1S/C15H19ClN6OS/c1-3-7-17-12(23)9-24-15-19-18-14(22(15)10-5-6-10)13-11(16)8-21(4-2)20-13/h3,8,10H,1,4-7,9H2,2H3,(H,17,23). The van der Waals surface area contributed by atoms with Crippen LogP contribution in [0.3, 0.4) is 0 Å². The number of aromatic nitrogens is 5. The fraction of sp³-hybridized carbons (Fsp3) is 0.467. The summed E-state index contributed by atoms with van der Waals surface area (Å²) in [6, 6.07) is 0.358. The van der Waals surface area contributed by atoms with Crippen LogP contribution < -0.4 is 5.32 Å². The van der Waals surface area contributed by atoms with Crippen LogP contribution in [0.5, 0.6) is 0 Å². The Hall–Kier alpha value is -1.80. The van der Waals surface area contributed by atoms with Crippen molar-refractivity contribution in [2.24, 2.45) is 0 Å². The predicted octanol–water partition coefficient (Wildman–Crippen LogP) is 2.54. The van der Waals surface area contributed by atoms with E-state index in [2.05, 4.69) is 31.8 Å². The van der Waals surface area contributed by atoms with Crippen molar-refractivity contribution in [3.05, 3.63) is 23.9 Å². The van der Waals surface area contributed by atoms with Gasteiger partial charge in [-0.1, -0.05) is 29.4 Å². The van der Waals surface area contributed by atoms with E-state index in [-0.39, 0.29) is 11.7 Å². The first-order chi connectivity index (χ1) is 11.6. The molecule has 3 rings (SSSR count). The summed E-state index contributed by atoms with van der Waals surface area (Å²) in [5, 5.41) is 17.1. The molecule has 2 aromatic heterocycles. The largest absolute Gasteiger partial charge is 0.352 e. The van der Waals surface area contributed by atoms with Gasteiger partial charge in [-0.15, -0.1) is 16.8 Å². The summed E-state index contributed by atoms with van der Waals surface area (Å²) in [4.78, 5) is 11.8. The Balaban J connectivity index is 1.81. The molecule has 0 unspecified atom stereocenters. The molecule has 0 aliphatic heterocycles. The number of thioether (sulfide) groups is 1. The molecule has 2 heterocycles. The number of halogens is 1. The van der Waals surface area contributed by atoms with Crippen LogP contribution in [0.2, 0.25) is 5.02 Å². The van der Waals surface area contributed by atoms with Crippen LogP contribution in [0.25, 0.3) is 11.5 Å². The second-order valence-corrected chi connectivity index (χ2v) is 6.82. The van der Waals surface area contributed by atoms with Gasteiger partial charge < -0.3 is 5.32 Å². The molecular weight excluding hydrogens is 348 g/mol. The Labute approximate surface area is 149 Å². The third-order valence-electron chi connectivity index (χ3n) is 3.61. The monoisotopic (exact) mass is 366 g/mol. The Morgan fingerprint density at radius 1 is 1.54 bits per heavy atom. The van der Waals surface area contributed by atoms with E-state index in [0.29, 0.717) is 29.1 Å². The highest BCUT2D eigenvalue weighted by Crippen LogP contribution is 2.41. The first-order valence-electron chi connectivity index (χ1n) is 7.82. The summed E-state index contributed by atoms with van der Waals surface area (Å²) in [6.07, 6.45) is 5.60. The molecule has 128 valence electrons. The highest BCUT2D eigenvalue weighted by Gasteiger charge is 2.32. The van der Waals surface area contributed by atoms with Crippen LogP contribution in [0.4, 0.5) is 0 Å². The number of nitrogens with one attached hydrogen (secondary N) is 1. The smallest absolute Gasteiger partial charge is 0.230 e. The molecular formula is C15H19ClN6OS. The van der Waals surface area contributed by atoms with Crippen LogP contribution in [0.15, 0.2) is 24.0 Å². The highest BCUT2D eigenvalue weighted by atomic mass is 35.5. The second kappa shape index (κ2) is 7.40. The van der Waals surface area contributed by atoms with Gasteiger partial charge in [0.25, 0.3) is 0 Å². The van der Waals surface area contributed by atoms with E-state index in [1.54, 1.807) is 17.0 Å². The minimum Gasteiger partial charge on any atom is -0.352 e. The van der Waals surface area contributed by atoms with Gasteiger partial charge in [0.15, 0.2) is 11.0 Å². The van der Waals surface area contributed by atoms with Gasteiger partial charge >= 0.3 is 0 Å². The maximum atomic E-state index is 11.8. The zero-order valence-corrected chi connectivity index (χ0v) is 15.0. The third-order valence-corrected chi connectivity index (χ3v) is 4.82. The first kappa shape index (κ1) is 17.0. The molecule has 0 aromatic carbocycles. The van der Waals surface area contributed by atoms with Crippen LogP contribution in [0, 0.1) is 0 Å². The molecule has 9 heteroatoms. The molecule has 1 aliphatic rings. The number of nitrogens with zero attached hydrogens (tertiary/aromatic N) is 5.